The summed E-state index contributed by atoms with van der Waals surface area (Å²) in [6.45, 7) is 0.140. The summed E-state index contributed by atoms with van der Waals surface area (Å²) in [4.78, 5) is 24.9. The summed E-state index contributed by atoms with van der Waals surface area (Å²) in [5.41, 5.74) is 3.00. The standard InChI is InChI=1S/C26H25NO4/c1-30-23-14-8-11-21(17-23)18-24(22-12-6-3-7-13-22)26(29)31-19-25(28)27-16-15-20-9-4-2-5-10-20/h2-14,17-18H,15-16,19H2,1H3,(H,27,28). The molecule has 3 rings (SSSR count). The van der Waals surface area contributed by atoms with Gasteiger partial charge < -0.3 is 14.8 Å². The molecule has 0 unspecified atom stereocenters. The van der Waals surface area contributed by atoms with Crippen LogP contribution in [-0.2, 0) is 20.7 Å². The lowest BCUT2D eigenvalue weighted by molar-refractivity contribution is -0.142. The fraction of sp³-hybridized carbons (Fsp3) is 0.154. The van der Waals surface area contributed by atoms with Gasteiger partial charge in [0.1, 0.15) is 5.75 Å². The minimum absolute atomic E-state index is 0.335. The van der Waals surface area contributed by atoms with Crippen LogP contribution in [0.1, 0.15) is 16.7 Å². The van der Waals surface area contributed by atoms with Crippen LogP contribution in [0.25, 0.3) is 11.6 Å². The quantitative estimate of drug-likeness (QED) is 0.324. The molecule has 0 bridgehead atoms. The van der Waals surface area contributed by atoms with Crippen molar-refractivity contribution in [1.82, 2.24) is 5.32 Å². The van der Waals surface area contributed by atoms with Crippen molar-refractivity contribution in [3.05, 3.63) is 102 Å². The van der Waals surface area contributed by atoms with Crippen LogP contribution in [-0.4, -0.2) is 32.1 Å². The molecule has 0 aliphatic rings. The molecule has 0 atom stereocenters. The summed E-state index contributed by atoms with van der Waals surface area (Å²) in [6, 6.07) is 26.5. The van der Waals surface area contributed by atoms with Crippen LogP contribution in [0.3, 0.4) is 0 Å². The van der Waals surface area contributed by atoms with Crippen LogP contribution in [0, 0.1) is 0 Å². The van der Waals surface area contributed by atoms with Crippen LogP contribution in [0.5, 0.6) is 5.75 Å². The van der Waals surface area contributed by atoms with Gasteiger partial charge in [-0.15, -0.1) is 0 Å². The Morgan fingerprint density at radius 3 is 2.32 bits per heavy atom. The van der Waals surface area contributed by atoms with Crippen LogP contribution >= 0.6 is 0 Å². The summed E-state index contributed by atoms with van der Waals surface area (Å²) < 4.78 is 10.6. The Balaban J connectivity index is 1.63. The molecule has 1 amide bonds. The van der Waals surface area contributed by atoms with Gasteiger partial charge in [-0.2, -0.15) is 0 Å². The van der Waals surface area contributed by atoms with E-state index in [2.05, 4.69) is 5.32 Å². The molecule has 0 saturated heterocycles. The van der Waals surface area contributed by atoms with Crippen molar-refractivity contribution in [2.75, 3.05) is 20.3 Å². The Labute approximate surface area is 182 Å². The topological polar surface area (TPSA) is 64.6 Å². The molecule has 0 fully saturated rings. The predicted octanol–water partition coefficient (Wildman–Crippen LogP) is 4.14. The lowest BCUT2D eigenvalue weighted by atomic mass is 10.0. The number of carbonyl (C=O) groups is 2. The van der Waals surface area contributed by atoms with Crippen molar-refractivity contribution >= 4 is 23.5 Å². The van der Waals surface area contributed by atoms with E-state index in [4.69, 9.17) is 9.47 Å². The molecule has 0 heterocycles. The second kappa shape index (κ2) is 11.4. The van der Waals surface area contributed by atoms with Crippen molar-refractivity contribution < 1.29 is 19.1 Å². The number of carbonyl (C=O) groups excluding carboxylic acids is 2. The number of benzene rings is 3. The average Bonchev–Trinajstić information content (AvgIpc) is 2.82. The summed E-state index contributed by atoms with van der Waals surface area (Å²) >= 11 is 0. The average molecular weight is 415 g/mol. The largest absolute Gasteiger partial charge is 0.497 e. The third-order valence-electron chi connectivity index (χ3n) is 4.62. The van der Waals surface area contributed by atoms with Gasteiger partial charge >= 0.3 is 5.97 Å². The van der Waals surface area contributed by atoms with E-state index in [-0.39, 0.29) is 12.5 Å². The maximum Gasteiger partial charge on any atom is 0.339 e. The Morgan fingerprint density at radius 2 is 1.61 bits per heavy atom. The van der Waals surface area contributed by atoms with Crippen LogP contribution in [0.4, 0.5) is 0 Å². The molecule has 3 aromatic rings. The number of hydrogen-bond donors (Lipinski definition) is 1. The van der Waals surface area contributed by atoms with Crippen LogP contribution in [0.2, 0.25) is 0 Å². The molecule has 158 valence electrons. The second-order valence-corrected chi connectivity index (χ2v) is 6.86. The Bertz CT molecular complexity index is 1030. The van der Waals surface area contributed by atoms with Gasteiger partial charge in [0.15, 0.2) is 6.61 Å². The highest BCUT2D eigenvalue weighted by molar-refractivity contribution is 6.21. The summed E-state index contributed by atoms with van der Waals surface area (Å²) in [5.74, 6) is -0.211. The lowest BCUT2D eigenvalue weighted by Crippen LogP contribution is -2.30. The number of methoxy groups -OCH3 is 1. The van der Waals surface area contributed by atoms with Gasteiger partial charge in [0.25, 0.3) is 5.91 Å². The molecule has 5 nitrogen and oxygen atoms in total. The first-order chi connectivity index (χ1) is 15.2. The van der Waals surface area contributed by atoms with E-state index in [1.54, 1.807) is 13.2 Å². The fourth-order valence-electron chi connectivity index (χ4n) is 3.03. The molecule has 0 radical (unpaired) electrons. The van der Waals surface area contributed by atoms with Crippen LogP contribution < -0.4 is 10.1 Å². The smallest absolute Gasteiger partial charge is 0.339 e. The number of nitrogens with one attached hydrogen (secondary N) is 1. The van der Waals surface area contributed by atoms with E-state index in [1.807, 2.05) is 84.9 Å². The lowest BCUT2D eigenvalue weighted by Gasteiger charge is -2.10. The first kappa shape index (κ1) is 21.8. The van der Waals surface area contributed by atoms with E-state index < -0.39 is 5.97 Å². The van der Waals surface area contributed by atoms with Crippen LogP contribution in [0.15, 0.2) is 84.9 Å². The molecular weight excluding hydrogens is 390 g/mol. The maximum absolute atomic E-state index is 12.8. The van der Waals surface area contributed by atoms with Gasteiger partial charge in [-0.05, 0) is 41.3 Å². The molecule has 0 aliphatic heterocycles. The summed E-state index contributed by atoms with van der Waals surface area (Å²) in [7, 11) is 1.59. The first-order valence-corrected chi connectivity index (χ1v) is 10.0. The molecule has 1 N–H and O–H groups in total. The number of amides is 1. The zero-order valence-electron chi connectivity index (χ0n) is 17.4. The third-order valence-corrected chi connectivity index (χ3v) is 4.62. The number of ether oxygens (including phenoxy) is 2. The van der Waals surface area contributed by atoms with Crippen molar-refractivity contribution in [3.8, 4) is 5.75 Å². The van der Waals surface area contributed by atoms with Gasteiger partial charge in [0.05, 0.1) is 12.7 Å². The number of hydrogen-bond acceptors (Lipinski definition) is 4. The zero-order chi connectivity index (χ0) is 21.9. The summed E-state index contributed by atoms with van der Waals surface area (Å²) in [6.07, 6.45) is 2.44. The molecule has 0 spiro atoms. The van der Waals surface area contributed by atoms with E-state index in [1.165, 1.54) is 0 Å². The molecule has 0 aliphatic carbocycles. The monoisotopic (exact) mass is 415 g/mol. The minimum atomic E-state index is -0.563. The van der Waals surface area contributed by atoms with Gasteiger partial charge in [-0.3, -0.25) is 4.79 Å². The normalized spacial score (nSPS) is 10.9. The van der Waals surface area contributed by atoms with E-state index in [9.17, 15) is 9.59 Å². The predicted molar refractivity (Wildman–Crippen MR) is 121 cm³/mol. The Kier molecular flexibility index (Phi) is 8.00. The number of rotatable bonds is 9. The SMILES string of the molecule is COc1cccc(C=C(C(=O)OCC(=O)NCCc2ccccc2)c2ccccc2)c1. The highest BCUT2D eigenvalue weighted by Gasteiger charge is 2.15. The molecule has 0 saturated carbocycles. The number of esters is 1. The molecule has 31 heavy (non-hydrogen) atoms. The van der Waals surface area contributed by atoms with E-state index >= 15 is 0 Å². The van der Waals surface area contributed by atoms with Crippen molar-refractivity contribution in [2.24, 2.45) is 0 Å². The van der Waals surface area contributed by atoms with Crippen molar-refractivity contribution in [1.29, 1.82) is 0 Å². The van der Waals surface area contributed by atoms with E-state index in [0.717, 1.165) is 11.1 Å². The maximum atomic E-state index is 12.8. The first-order valence-electron chi connectivity index (χ1n) is 10.0. The molecule has 0 aromatic heterocycles. The fourth-order valence-corrected chi connectivity index (χ4v) is 3.03. The van der Waals surface area contributed by atoms with Crippen molar-refractivity contribution in [2.45, 2.75) is 6.42 Å². The van der Waals surface area contributed by atoms with E-state index in [0.29, 0.717) is 29.9 Å². The van der Waals surface area contributed by atoms with Gasteiger partial charge in [0.2, 0.25) is 0 Å². The molecule has 3 aromatic carbocycles. The highest BCUT2D eigenvalue weighted by atomic mass is 16.5. The Morgan fingerprint density at radius 1 is 0.903 bits per heavy atom. The van der Waals surface area contributed by atoms with Gasteiger partial charge in [0, 0.05) is 6.54 Å². The van der Waals surface area contributed by atoms with Crippen molar-refractivity contribution in [3.63, 3.8) is 0 Å². The zero-order valence-corrected chi connectivity index (χ0v) is 17.4. The third kappa shape index (κ3) is 6.85. The molecular formula is C26H25NO4. The summed E-state index contributed by atoms with van der Waals surface area (Å²) in [5, 5.41) is 2.78. The Hall–Kier alpha value is -3.86. The minimum Gasteiger partial charge on any atom is -0.497 e. The van der Waals surface area contributed by atoms with Gasteiger partial charge in [-0.1, -0.05) is 72.8 Å². The highest BCUT2D eigenvalue weighted by Crippen LogP contribution is 2.22. The molecule has 5 heteroatoms. The van der Waals surface area contributed by atoms with Gasteiger partial charge in [-0.25, -0.2) is 4.79 Å². The second-order valence-electron chi connectivity index (χ2n) is 6.86.